The van der Waals surface area contributed by atoms with Crippen LogP contribution in [0, 0.1) is 0 Å². The zero-order valence-electron chi connectivity index (χ0n) is 17.0. The van der Waals surface area contributed by atoms with E-state index in [9.17, 15) is 4.79 Å². The third kappa shape index (κ3) is 7.42. The van der Waals surface area contributed by atoms with Gasteiger partial charge in [0.1, 0.15) is 5.75 Å². The van der Waals surface area contributed by atoms with E-state index in [1.807, 2.05) is 37.3 Å². The third-order valence-electron chi connectivity index (χ3n) is 4.10. The normalized spacial score (nSPS) is 10.8. The van der Waals surface area contributed by atoms with Crippen LogP contribution in [0.3, 0.4) is 0 Å². The quantitative estimate of drug-likeness (QED) is 0.297. The number of hydrogen-bond acceptors (Lipinski definition) is 5. The smallest absolute Gasteiger partial charge is 0.240 e. The van der Waals surface area contributed by atoms with Gasteiger partial charge in [-0.1, -0.05) is 13.0 Å². The van der Waals surface area contributed by atoms with Gasteiger partial charge in [0.25, 0.3) is 0 Å². The molecule has 7 heteroatoms. The molecule has 2 rings (SSSR count). The zero-order chi connectivity index (χ0) is 21.1. The molecule has 0 aliphatic carbocycles. The Morgan fingerprint density at radius 2 is 1.90 bits per heavy atom. The minimum Gasteiger partial charge on any atom is -0.493 e. The fourth-order valence-corrected chi connectivity index (χ4v) is 3.11. The van der Waals surface area contributed by atoms with E-state index < -0.39 is 0 Å². The van der Waals surface area contributed by atoms with E-state index in [0.29, 0.717) is 37.6 Å². The maximum absolute atomic E-state index is 11.9. The number of hydrazone groups is 1. The maximum Gasteiger partial charge on any atom is 0.240 e. The Kier molecular flexibility index (Phi) is 9.50. The van der Waals surface area contributed by atoms with Gasteiger partial charge in [-0.3, -0.25) is 4.79 Å². The van der Waals surface area contributed by atoms with Crippen molar-refractivity contribution in [2.75, 3.05) is 20.3 Å². The number of carbonyl (C=O) groups excluding carboxylic acids is 1. The molecule has 0 aliphatic heterocycles. The SMILES string of the molecule is CCOc1ccc(/C=N/NC(=O)CCCOc2ccc(CC)cc2Br)cc1OC. The molecule has 29 heavy (non-hydrogen) atoms. The number of benzene rings is 2. The summed E-state index contributed by atoms with van der Waals surface area (Å²) in [6.07, 6.45) is 3.47. The highest BCUT2D eigenvalue weighted by Crippen LogP contribution is 2.27. The average molecular weight is 463 g/mol. The molecule has 0 fully saturated rings. The van der Waals surface area contributed by atoms with Crippen LogP contribution in [0.25, 0.3) is 0 Å². The van der Waals surface area contributed by atoms with Gasteiger partial charge in [0.15, 0.2) is 11.5 Å². The summed E-state index contributed by atoms with van der Waals surface area (Å²) >= 11 is 3.51. The minimum absolute atomic E-state index is 0.164. The van der Waals surface area contributed by atoms with Crippen LogP contribution in [0.15, 0.2) is 46.0 Å². The minimum atomic E-state index is -0.164. The molecule has 0 radical (unpaired) electrons. The van der Waals surface area contributed by atoms with Crippen molar-refractivity contribution >= 4 is 28.1 Å². The number of ether oxygens (including phenoxy) is 3. The molecular formula is C22H27BrN2O4. The van der Waals surface area contributed by atoms with Crippen LogP contribution in [0.2, 0.25) is 0 Å². The molecule has 0 unspecified atom stereocenters. The zero-order valence-corrected chi connectivity index (χ0v) is 18.6. The van der Waals surface area contributed by atoms with Gasteiger partial charge in [0.2, 0.25) is 5.91 Å². The van der Waals surface area contributed by atoms with Crippen molar-refractivity contribution in [1.82, 2.24) is 5.43 Å². The number of nitrogens with zero attached hydrogens (tertiary/aromatic N) is 1. The van der Waals surface area contributed by atoms with E-state index in [4.69, 9.17) is 14.2 Å². The predicted octanol–water partition coefficient (Wildman–Crippen LogP) is 4.73. The number of amides is 1. The highest BCUT2D eigenvalue weighted by atomic mass is 79.9. The number of aryl methyl sites for hydroxylation is 1. The van der Waals surface area contributed by atoms with E-state index in [2.05, 4.69) is 33.4 Å². The predicted molar refractivity (Wildman–Crippen MR) is 118 cm³/mol. The van der Waals surface area contributed by atoms with Crippen LogP contribution in [-0.4, -0.2) is 32.4 Å². The van der Waals surface area contributed by atoms with Crippen molar-refractivity contribution in [3.8, 4) is 17.2 Å². The van der Waals surface area contributed by atoms with Gasteiger partial charge in [0, 0.05) is 6.42 Å². The summed E-state index contributed by atoms with van der Waals surface area (Å²) in [7, 11) is 1.58. The van der Waals surface area contributed by atoms with Crippen molar-refractivity contribution in [3.63, 3.8) is 0 Å². The molecule has 1 amide bonds. The highest BCUT2D eigenvalue weighted by molar-refractivity contribution is 9.10. The number of carbonyl (C=O) groups is 1. The standard InChI is InChI=1S/C22H27BrN2O4/c1-4-16-8-10-19(18(23)13-16)29-12-6-7-22(26)25-24-15-17-9-11-20(28-5-2)21(14-17)27-3/h8-11,13-15H,4-7,12H2,1-3H3,(H,25,26)/b24-15+. The Balaban J connectivity index is 1.74. The lowest BCUT2D eigenvalue weighted by Crippen LogP contribution is -2.18. The Bertz CT molecular complexity index is 840. The van der Waals surface area contributed by atoms with Gasteiger partial charge in [-0.2, -0.15) is 5.10 Å². The molecule has 2 aromatic rings. The number of nitrogens with one attached hydrogen (secondary N) is 1. The molecule has 0 saturated heterocycles. The first-order valence-electron chi connectivity index (χ1n) is 9.61. The van der Waals surface area contributed by atoms with E-state index in [1.54, 1.807) is 19.4 Å². The molecule has 0 atom stereocenters. The lowest BCUT2D eigenvalue weighted by atomic mass is 10.2. The molecule has 6 nitrogen and oxygen atoms in total. The van der Waals surface area contributed by atoms with Gasteiger partial charge >= 0.3 is 0 Å². The van der Waals surface area contributed by atoms with E-state index in [1.165, 1.54) is 5.56 Å². The van der Waals surface area contributed by atoms with Crippen LogP contribution >= 0.6 is 15.9 Å². The van der Waals surface area contributed by atoms with Crippen molar-refractivity contribution in [2.24, 2.45) is 5.10 Å². The summed E-state index contributed by atoms with van der Waals surface area (Å²) < 4.78 is 17.4. The topological polar surface area (TPSA) is 69.2 Å². The van der Waals surface area contributed by atoms with Crippen molar-refractivity contribution in [2.45, 2.75) is 33.1 Å². The van der Waals surface area contributed by atoms with E-state index in [0.717, 1.165) is 22.2 Å². The van der Waals surface area contributed by atoms with E-state index >= 15 is 0 Å². The van der Waals surface area contributed by atoms with Gasteiger partial charge in [0.05, 0.1) is 31.0 Å². The highest BCUT2D eigenvalue weighted by Gasteiger charge is 2.05. The molecule has 0 spiro atoms. The second-order valence-corrected chi connectivity index (χ2v) is 7.06. The van der Waals surface area contributed by atoms with Gasteiger partial charge in [-0.15, -0.1) is 0 Å². The summed E-state index contributed by atoms with van der Waals surface area (Å²) in [5.41, 5.74) is 4.57. The summed E-state index contributed by atoms with van der Waals surface area (Å²) in [5, 5.41) is 3.99. The number of methoxy groups -OCH3 is 1. The number of rotatable bonds is 11. The second kappa shape index (κ2) is 12.1. The first-order chi connectivity index (χ1) is 14.1. The lowest BCUT2D eigenvalue weighted by molar-refractivity contribution is -0.121. The fraction of sp³-hybridized carbons (Fsp3) is 0.364. The summed E-state index contributed by atoms with van der Waals surface area (Å²) in [4.78, 5) is 11.9. The first-order valence-corrected chi connectivity index (χ1v) is 10.4. The van der Waals surface area contributed by atoms with Crippen LogP contribution in [0.5, 0.6) is 17.2 Å². The van der Waals surface area contributed by atoms with Crippen molar-refractivity contribution < 1.29 is 19.0 Å². The van der Waals surface area contributed by atoms with Crippen LogP contribution in [-0.2, 0) is 11.2 Å². The van der Waals surface area contributed by atoms with Crippen molar-refractivity contribution in [1.29, 1.82) is 0 Å². The first kappa shape index (κ1) is 22.7. The van der Waals surface area contributed by atoms with Crippen LogP contribution < -0.4 is 19.6 Å². The molecule has 0 bridgehead atoms. The average Bonchev–Trinajstić information content (AvgIpc) is 2.73. The second-order valence-electron chi connectivity index (χ2n) is 6.21. The van der Waals surface area contributed by atoms with Gasteiger partial charge in [-0.25, -0.2) is 5.43 Å². The Morgan fingerprint density at radius 1 is 1.10 bits per heavy atom. The van der Waals surface area contributed by atoms with Crippen LogP contribution in [0.1, 0.15) is 37.8 Å². The Hall–Kier alpha value is -2.54. The number of halogens is 1. The maximum atomic E-state index is 11.9. The molecule has 0 aliphatic rings. The molecule has 2 aromatic carbocycles. The molecular weight excluding hydrogens is 436 g/mol. The number of hydrogen-bond donors (Lipinski definition) is 1. The van der Waals surface area contributed by atoms with Crippen molar-refractivity contribution in [3.05, 3.63) is 52.0 Å². The van der Waals surface area contributed by atoms with Gasteiger partial charge < -0.3 is 14.2 Å². The van der Waals surface area contributed by atoms with Crippen LogP contribution in [0.4, 0.5) is 0 Å². The Morgan fingerprint density at radius 3 is 2.59 bits per heavy atom. The summed E-state index contributed by atoms with van der Waals surface area (Å²) in [5.74, 6) is 1.91. The Labute approximate surface area is 180 Å². The molecule has 0 heterocycles. The molecule has 0 saturated carbocycles. The summed E-state index contributed by atoms with van der Waals surface area (Å²) in [6.45, 7) is 5.04. The lowest BCUT2D eigenvalue weighted by Gasteiger charge is -2.09. The molecule has 0 aromatic heterocycles. The summed E-state index contributed by atoms with van der Waals surface area (Å²) in [6, 6.07) is 11.5. The monoisotopic (exact) mass is 462 g/mol. The fourth-order valence-electron chi connectivity index (χ4n) is 2.57. The van der Waals surface area contributed by atoms with E-state index in [-0.39, 0.29) is 5.91 Å². The van der Waals surface area contributed by atoms with Gasteiger partial charge in [-0.05, 0) is 77.2 Å². The largest absolute Gasteiger partial charge is 0.493 e. The molecule has 156 valence electrons. The third-order valence-corrected chi connectivity index (χ3v) is 4.72. The molecule has 1 N–H and O–H groups in total.